The maximum atomic E-state index is 12.2. The summed E-state index contributed by atoms with van der Waals surface area (Å²) in [6.45, 7) is 2.03. The van der Waals surface area contributed by atoms with E-state index in [9.17, 15) is 9.59 Å². The number of para-hydroxylation sites is 1. The fraction of sp³-hybridized carbons (Fsp3) is 0.333. The summed E-state index contributed by atoms with van der Waals surface area (Å²) < 4.78 is 4.53. The number of hydrogen-bond acceptors (Lipinski definition) is 4. The summed E-state index contributed by atoms with van der Waals surface area (Å²) >= 11 is 5.85. The van der Waals surface area contributed by atoms with E-state index in [0.717, 1.165) is 0 Å². The van der Waals surface area contributed by atoms with E-state index in [4.69, 9.17) is 17.3 Å². The van der Waals surface area contributed by atoms with Crippen LogP contribution in [0.2, 0.25) is 5.02 Å². The molecule has 5 nitrogen and oxygen atoms in total. The van der Waals surface area contributed by atoms with Crippen molar-refractivity contribution in [1.82, 2.24) is 4.90 Å². The minimum atomic E-state index is -0.481. The molecule has 1 aromatic rings. The standard InChI is InChI=1S/C12H15ClN2O3/c1-3-15(7-10(16)18-2)12(17)8-5-4-6-9(13)11(8)14/h4-6H,3,7,14H2,1-2H3. The fourth-order valence-electron chi connectivity index (χ4n) is 1.44. The Bertz CT molecular complexity index is 463. The quantitative estimate of drug-likeness (QED) is 0.666. The third-order valence-corrected chi connectivity index (χ3v) is 2.83. The first kappa shape index (κ1) is 14.3. The average molecular weight is 271 g/mol. The molecule has 0 aliphatic rings. The lowest BCUT2D eigenvalue weighted by molar-refractivity contribution is -0.141. The van der Waals surface area contributed by atoms with Crippen molar-refractivity contribution in [3.8, 4) is 0 Å². The number of carbonyl (C=O) groups excluding carboxylic acids is 2. The number of rotatable bonds is 4. The summed E-state index contributed by atoms with van der Waals surface area (Å²) in [6.07, 6.45) is 0. The van der Waals surface area contributed by atoms with Crippen LogP contribution in [0, 0.1) is 0 Å². The zero-order valence-electron chi connectivity index (χ0n) is 10.3. The molecule has 0 fully saturated rings. The van der Waals surface area contributed by atoms with Gasteiger partial charge in [-0.25, -0.2) is 0 Å². The van der Waals surface area contributed by atoms with E-state index in [1.165, 1.54) is 12.0 Å². The molecular weight excluding hydrogens is 256 g/mol. The Morgan fingerprint density at radius 1 is 1.44 bits per heavy atom. The molecule has 0 unspecified atom stereocenters. The number of nitrogens with zero attached hydrogens (tertiary/aromatic N) is 1. The largest absolute Gasteiger partial charge is 0.468 e. The van der Waals surface area contributed by atoms with Gasteiger partial charge in [0.2, 0.25) is 0 Å². The van der Waals surface area contributed by atoms with E-state index in [-0.39, 0.29) is 23.7 Å². The van der Waals surface area contributed by atoms with Gasteiger partial charge < -0.3 is 15.4 Å². The Kier molecular flexibility index (Phi) is 4.97. The summed E-state index contributed by atoms with van der Waals surface area (Å²) in [7, 11) is 1.27. The Balaban J connectivity index is 2.97. The summed E-state index contributed by atoms with van der Waals surface area (Å²) in [4.78, 5) is 24.7. The first-order chi connectivity index (χ1) is 8.51. The number of carbonyl (C=O) groups is 2. The number of ether oxygens (including phenoxy) is 1. The molecule has 0 radical (unpaired) electrons. The van der Waals surface area contributed by atoms with Gasteiger partial charge in [-0.1, -0.05) is 17.7 Å². The number of likely N-dealkylation sites (N-methyl/N-ethyl adjacent to an activating group) is 1. The molecule has 0 saturated heterocycles. The van der Waals surface area contributed by atoms with Gasteiger partial charge in [0, 0.05) is 6.54 Å². The molecule has 0 bridgehead atoms. The van der Waals surface area contributed by atoms with Gasteiger partial charge in [0.1, 0.15) is 6.54 Å². The highest BCUT2D eigenvalue weighted by Crippen LogP contribution is 2.23. The third kappa shape index (κ3) is 3.13. The zero-order chi connectivity index (χ0) is 13.7. The number of methoxy groups -OCH3 is 1. The van der Waals surface area contributed by atoms with Crippen molar-refractivity contribution >= 4 is 29.2 Å². The lowest BCUT2D eigenvalue weighted by Crippen LogP contribution is -2.36. The van der Waals surface area contributed by atoms with Crippen LogP contribution in [0.25, 0.3) is 0 Å². The van der Waals surface area contributed by atoms with Gasteiger partial charge in [0.05, 0.1) is 23.4 Å². The maximum Gasteiger partial charge on any atom is 0.325 e. The molecular formula is C12H15ClN2O3. The van der Waals surface area contributed by atoms with E-state index in [1.54, 1.807) is 25.1 Å². The van der Waals surface area contributed by atoms with Gasteiger partial charge in [0.25, 0.3) is 5.91 Å². The number of hydrogen-bond donors (Lipinski definition) is 1. The van der Waals surface area contributed by atoms with Crippen LogP contribution in [0.4, 0.5) is 5.69 Å². The molecule has 1 rings (SSSR count). The monoisotopic (exact) mass is 270 g/mol. The highest BCUT2D eigenvalue weighted by molar-refractivity contribution is 6.33. The van der Waals surface area contributed by atoms with Crippen LogP contribution in [0.3, 0.4) is 0 Å². The Hall–Kier alpha value is -1.75. The summed E-state index contributed by atoms with van der Waals surface area (Å²) in [5, 5.41) is 0.315. The van der Waals surface area contributed by atoms with Crippen LogP contribution in [0.5, 0.6) is 0 Å². The number of amides is 1. The molecule has 98 valence electrons. The highest BCUT2D eigenvalue weighted by Gasteiger charge is 2.20. The van der Waals surface area contributed by atoms with Crippen LogP contribution in [0.15, 0.2) is 18.2 Å². The Morgan fingerprint density at radius 3 is 2.67 bits per heavy atom. The molecule has 0 saturated carbocycles. The number of nitrogens with two attached hydrogens (primary N) is 1. The van der Waals surface area contributed by atoms with Crippen molar-refractivity contribution in [3.63, 3.8) is 0 Å². The molecule has 2 N–H and O–H groups in total. The number of halogens is 1. The Labute approximate surface area is 110 Å². The second kappa shape index (κ2) is 6.26. The van der Waals surface area contributed by atoms with Crippen LogP contribution in [-0.2, 0) is 9.53 Å². The molecule has 1 aromatic carbocycles. The van der Waals surface area contributed by atoms with E-state index in [2.05, 4.69) is 4.74 Å². The van der Waals surface area contributed by atoms with Crippen LogP contribution in [-0.4, -0.2) is 37.0 Å². The van der Waals surface area contributed by atoms with Crippen molar-refractivity contribution in [2.45, 2.75) is 6.92 Å². The van der Waals surface area contributed by atoms with Gasteiger partial charge in [-0.15, -0.1) is 0 Å². The molecule has 0 aliphatic heterocycles. The first-order valence-electron chi connectivity index (χ1n) is 5.41. The van der Waals surface area contributed by atoms with E-state index >= 15 is 0 Å². The topological polar surface area (TPSA) is 72.6 Å². The van der Waals surface area contributed by atoms with Crippen molar-refractivity contribution in [2.24, 2.45) is 0 Å². The normalized spacial score (nSPS) is 9.94. The minimum absolute atomic E-state index is 0.113. The number of benzene rings is 1. The van der Waals surface area contributed by atoms with Gasteiger partial charge in [0.15, 0.2) is 0 Å². The second-order valence-electron chi connectivity index (χ2n) is 3.60. The molecule has 6 heteroatoms. The van der Waals surface area contributed by atoms with Crippen LogP contribution >= 0.6 is 11.6 Å². The molecule has 0 spiro atoms. The van der Waals surface area contributed by atoms with Crippen molar-refractivity contribution in [3.05, 3.63) is 28.8 Å². The van der Waals surface area contributed by atoms with E-state index in [0.29, 0.717) is 11.6 Å². The summed E-state index contributed by atoms with van der Waals surface area (Å²) in [6, 6.07) is 4.81. The molecule has 18 heavy (non-hydrogen) atoms. The highest BCUT2D eigenvalue weighted by atomic mass is 35.5. The first-order valence-corrected chi connectivity index (χ1v) is 5.79. The maximum absolute atomic E-state index is 12.2. The second-order valence-corrected chi connectivity index (χ2v) is 4.00. The van der Waals surface area contributed by atoms with Gasteiger partial charge in [-0.05, 0) is 19.1 Å². The SMILES string of the molecule is CCN(CC(=O)OC)C(=O)c1cccc(Cl)c1N. The van der Waals surface area contributed by atoms with Gasteiger partial charge in [-0.3, -0.25) is 9.59 Å². The lowest BCUT2D eigenvalue weighted by Gasteiger charge is -2.20. The van der Waals surface area contributed by atoms with Gasteiger partial charge >= 0.3 is 5.97 Å². The van der Waals surface area contributed by atoms with Crippen molar-refractivity contribution < 1.29 is 14.3 Å². The lowest BCUT2D eigenvalue weighted by atomic mass is 10.1. The predicted molar refractivity (Wildman–Crippen MR) is 69.5 cm³/mol. The summed E-state index contributed by atoms with van der Waals surface area (Å²) in [5.74, 6) is -0.825. The Morgan fingerprint density at radius 2 is 2.11 bits per heavy atom. The summed E-state index contributed by atoms with van der Waals surface area (Å²) in [5.41, 5.74) is 6.24. The minimum Gasteiger partial charge on any atom is -0.468 e. The van der Waals surface area contributed by atoms with Crippen LogP contribution < -0.4 is 5.73 Å². The fourth-order valence-corrected chi connectivity index (χ4v) is 1.62. The number of esters is 1. The molecule has 1 amide bonds. The molecule has 0 heterocycles. The third-order valence-electron chi connectivity index (χ3n) is 2.50. The number of anilines is 1. The average Bonchev–Trinajstić information content (AvgIpc) is 2.38. The van der Waals surface area contributed by atoms with Gasteiger partial charge in [-0.2, -0.15) is 0 Å². The van der Waals surface area contributed by atoms with Crippen molar-refractivity contribution in [1.29, 1.82) is 0 Å². The van der Waals surface area contributed by atoms with Crippen LogP contribution in [0.1, 0.15) is 17.3 Å². The van der Waals surface area contributed by atoms with E-state index in [1.807, 2.05) is 0 Å². The predicted octanol–water partition coefficient (Wildman–Crippen LogP) is 1.56. The molecule has 0 atom stereocenters. The molecule has 0 aromatic heterocycles. The zero-order valence-corrected chi connectivity index (χ0v) is 11.0. The number of nitrogen functional groups attached to an aromatic ring is 1. The van der Waals surface area contributed by atoms with E-state index < -0.39 is 5.97 Å². The molecule has 0 aliphatic carbocycles. The smallest absolute Gasteiger partial charge is 0.325 e. The van der Waals surface area contributed by atoms with Crippen molar-refractivity contribution in [2.75, 3.05) is 25.9 Å².